The maximum absolute atomic E-state index is 11.8. The van der Waals surface area contributed by atoms with Gasteiger partial charge in [-0.05, 0) is 57.0 Å². The predicted octanol–water partition coefficient (Wildman–Crippen LogP) is 1.73. The fourth-order valence-corrected chi connectivity index (χ4v) is 2.82. The average molecular weight is 291 g/mol. The van der Waals surface area contributed by atoms with E-state index in [2.05, 4.69) is 10.6 Å². The van der Waals surface area contributed by atoms with Gasteiger partial charge in [-0.3, -0.25) is 4.79 Å². The first-order valence-electron chi connectivity index (χ1n) is 7.40. The molecule has 2 aliphatic rings. The molecule has 0 aromatic heterocycles. The molecule has 2 fully saturated rings. The SMILES string of the molecule is Cl.O=C(CCC1CCNCC1)NCC1CCCOC1. The van der Waals surface area contributed by atoms with Crippen LogP contribution in [0.1, 0.15) is 38.5 Å². The van der Waals surface area contributed by atoms with Gasteiger partial charge in [0.1, 0.15) is 0 Å². The van der Waals surface area contributed by atoms with Crippen LogP contribution in [0, 0.1) is 11.8 Å². The summed E-state index contributed by atoms with van der Waals surface area (Å²) < 4.78 is 5.41. The lowest BCUT2D eigenvalue weighted by Gasteiger charge is -2.23. The third-order valence-corrected chi connectivity index (χ3v) is 4.08. The molecule has 5 heteroatoms. The van der Waals surface area contributed by atoms with Crippen molar-refractivity contribution < 1.29 is 9.53 Å². The van der Waals surface area contributed by atoms with Crippen LogP contribution in [0.4, 0.5) is 0 Å². The summed E-state index contributed by atoms with van der Waals surface area (Å²) in [7, 11) is 0. The highest BCUT2D eigenvalue weighted by atomic mass is 35.5. The molecule has 0 aliphatic carbocycles. The Bertz CT molecular complexity index is 228. The molecule has 4 nitrogen and oxygen atoms in total. The summed E-state index contributed by atoms with van der Waals surface area (Å²) in [6, 6.07) is 0. The van der Waals surface area contributed by atoms with E-state index in [4.69, 9.17) is 4.74 Å². The lowest BCUT2D eigenvalue weighted by Crippen LogP contribution is -2.34. The Morgan fingerprint density at radius 3 is 2.68 bits per heavy atom. The van der Waals surface area contributed by atoms with Crippen molar-refractivity contribution in [3.05, 3.63) is 0 Å². The molecule has 0 saturated carbocycles. The highest BCUT2D eigenvalue weighted by Gasteiger charge is 2.16. The van der Waals surface area contributed by atoms with Gasteiger partial charge in [0.15, 0.2) is 0 Å². The van der Waals surface area contributed by atoms with Crippen LogP contribution in [0.5, 0.6) is 0 Å². The van der Waals surface area contributed by atoms with Crippen LogP contribution in [0.15, 0.2) is 0 Å². The monoisotopic (exact) mass is 290 g/mol. The van der Waals surface area contributed by atoms with E-state index in [-0.39, 0.29) is 18.3 Å². The lowest BCUT2D eigenvalue weighted by atomic mass is 9.93. The first kappa shape index (κ1) is 16.7. The molecular formula is C14H27ClN2O2. The van der Waals surface area contributed by atoms with Gasteiger partial charge >= 0.3 is 0 Å². The van der Waals surface area contributed by atoms with Crippen LogP contribution in [-0.2, 0) is 9.53 Å². The summed E-state index contributed by atoms with van der Waals surface area (Å²) in [5.41, 5.74) is 0. The Balaban J connectivity index is 0.00000180. The number of carbonyl (C=O) groups is 1. The summed E-state index contributed by atoms with van der Waals surface area (Å²) in [6.45, 7) is 4.73. The molecule has 1 unspecified atom stereocenters. The van der Waals surface area contributed by atoms with Gasteiger partial charge in [0.05, 0.1) is 6.61 Å². The zero-order chi connectivity index (χ0) is 12.6. The fourth-order valence-electron chi connectivity index (χ4n) is 2.82. The Hall–Kier alpha value is -0.320. The number of rotatable bonds is 5. The molecule has 19 heavy (non-hydrogen) atoms. The van der Waals surface area contributed by atoms with E-state index in [1.165, 1.54) is 19.3 Å². The molecule has 1 atom stereocenters. The standard InChI is InChI=1S/C14H26N2O2.ClH/c17-14(4-3-12-5-7-15-8-6-12)16-10-13-2-1-9-18-11-13;/h12-13,15H,1-11H2,(H,16,17);1H. The number of halogens is 1. The minimum atomic E-state index is 0. The quantitative estimate of drug-likeness (QED) is 0.811. The highest BCUT2D eigenvalue weighted by Crippen LogP contribution is 2.17. The minimum Gasteiger partial charge on any atom is -0.381 e. The second kappa shape index (κ2) is 9.56. The average Bonchev–Trinajstić information content (AvgIpc) is 2.45. The van der Waals surface area contributed by atoms with Gasteiger partial charge in [-0.1, -0.05) is 0 Å². The zero-order valence-corrected chi connectivity index (χ0v) is 12.5. The second-order valence-corrected chi connectivity index (χ2v) is 5.62. The summed E-state index contributed by atoms with van der Waals surface area (Å²) in [4.78, 5) is 11.8. The maximum Gasteiger partial charge on any atom is 0.220 e. The number of hydrogen-bond acceptors (Lipinski definition) is 3. The van der Waals surface area contributed by atoms with Gasteiger partial charge in [0, 0.05) is 19.6 Å². The normalized spacial score (nSPS) is 24.5. The van der Waals surface area contributed by atoms with Crippen LogP contribution in [0.2, 0.25) is 0 Å². The third kappa shape index (κ3) is 6.59. The van der Waals surface area contributed by atoms with Crippen molar-refractivity contribution in [2.45, 2.75) is 38.5 Å². The van der Waals surface area contributed by atoms with Crippen molar-refractivity contribution in [1.29, 1.82) is 0 Å². The molecule has 112 valence electrons. The van der Waals surface area contributed by atoms with E-state index in [9.17, 15) is 4.79 Å². The Morgan fingerprint density at radius 1 is 1.21 bits per heavy atom. The number of nitrogens with one attached hydrogen (secondary N) is 2. The van der Waals surface area contributed by atoms with Crippen molar-refractivity contribution in [2.75, 3.05) is 32.8 Å². The van der Waals surface area contributed by atoms with E-state index in [1.807, 2.05) is 0 Å². The van der Waals surface area contributed by atoms with E-state index < -0.39 is 0 Å². The highest BCUT2D eigenvalue weighted by molar-refractivity contribution is 5.85. The molecule has 0 spiro atoms. The molecular weight excluding hydrogens is 264 g/mol. The number of piperidine rings is 1. The van der Waals surface area contributed by atoms with Gasteiger partial charge in [0.25, 0.3) is 0 Å². The predicted molar refractivity (Wildman–Crippen MR) is 78.6 cm³/mol. The number of hydrogen-bond donors (Lipinski definition) is 2. The second-order valence-electron chi connectivity index (χ2n) is 5.62. The fraction of sp³-hybridized carbons (Fsp3) is 0.929. The van der Waals surface area contributed by atoms with E-state index in [1.54, 1.807) is 0 Å². The minimum absolute atomic E-state index is 0. The Kier molecular flexibility index (Phi) is 8.42. The molecule has 0 aromatic rings. The first-order chi connectivity index (χ1) is 8.84. The number of amides is 1. The molecule has 0 aromatic carbocycles. The van der Waals surface area contributed by atoms with E-state index in [0.29, 0.717) is 12.3 Å². The van der Waals surface area contributed by atoms with Gasteiger partial charge < -0.3 is 15.4 Å². The molecule has 2 aliphatic heterocycles. The molecule has 1 amide bonds. The summed E-state index contributed by atoms with van der Waals surface area (Å²) in [6.07, 6.45) is 6.52. The molecule has 0 radical (unpaired) electrons. The first-order valence-corrected chi connectivity index (χ1v) is 7.40. The van der Waals surface area contributed by atoms with E-state index >= 15 is 0 Å². The molecule has 2 heterocycles. The van der Waals surface area contributed by atoms with E-state index in [0.717, 1.165) is 51.6 Å². The number of ether oxygens (including phenoxy) is 1. The van der Waals surface area contributed by atoms with Crippen molar-refractivity contribution in [3.8, 4) is 0 Å². The van der Waals surface area contributed by atoms with Crippen LogP contribution in [0.25, 0.3) is 0 Å². The van der Waals surface area contributed by atoms with Crippen LogP contribution >= 0.6 is 12.4 Å². The van der Waals surface area contributed by atoms with Crippen molar-refractivity contribution >= 4 is 18.3 Å². The van der Waals surface area contributed by atoms with Crippen LogP contribution in [0.3, 0.4) is 0 Å². The third-order valence-electron chi connectivity index (χ3n) is 4.08. The largest absolute Gasteiger partial charge is 0.381 e. The topological polar surface area (TPSA) is 50.4 Å². The smallest absolute Gasteiger partial charge is 0.220 e. The summed E-state index contributed by atoms with van der Waals surface area (Å²) in [5.74, 6) is 1.50. The molecule has 2 rings (SSSR count). The maximum atomic E-state index is 11.8. The van der Waals surface area contributed by atoms with Gasteiger partial charge in [-0.2, -0.15) is 0 Å². The summed E-state index contributed by atoms with van der Waals surface area (Å²) >= 11 is 0. The van der Waals surface area contributed by atoms with Crippen LogP contribution < -0.4 is 10.6 Å². The lowest BCUT2D eigenvalue weighted by molar-refractivity contribution is -0.121. The summed E-state index contributed by atoms with van der Waals surface area (Å²) in [5, 5.41) is 6.41. The molecule has 0 bridgehead atoms. The van der Waals surface area contributed by atoms with Gasteiger partial charge in [-0.25, -0.2) is 0 Å². The van der Waals surface area contributed by atoms with Crippen molar-refractivity contribution in [2.24, 2.45) is 11.8 Å². The Morgan fingerprint density at radius 2 is 2.00 bits per heavy atom. The van der Waals surface area contributed by atoms with Crippen molar-refractivity contribution in [1.82, 2.24) is 10.6 Å². The molecule has 2 saturated heterocycles. The Labute approximate surface area is 122 Å². The zero-order valence-electron chi connectivity index (χ0n) is 11.7. The van der Waals surface area contributed by atoms with Gasteiger partial charge in [-0.15, -0.1) is 12.4 Å². The van der Waals surface area contributed by atoms with Gasteiger partial charge in [0.2, 0.25) is 5.91 Å². The molecule has 2 N–H and O–H groups in total. The number of carbonyl (C=O) groups excluding carboxylic acids is 1. The van der Waals surface area contributed by atoms with Crippen molar-refractivity contribution in [3.63, 3.8) is 0 Å². The van der Waals surface area contributed by atoms with Crippen LogP contribution in [-0.4, -0.2) is 38.8 Å².